The van der Waals surface area contributed by atoms with Crippen molar-refractivity contribution in [3.05, 3.63) is 76.9 Å². The third-order valence-electron chi connectivity index (χ3n) is 7.05. The van der Waals surface area contributed by atoms with E-state index in [2.05, 4.69) is 56.9 Å². The van der Waals surface area contributed by atoms with E-state index in [1.807, 2.05) is 30.3 Å². The molecular formula is C26H31NOS. The first-order valence-electron chi connectivity index (χ1n) is 10.7. The quantitative estimate of drug-likeness (QED) is 0.452. The first-order valence-corrected chi connectivity index (χ1v) is 11.5. The van der Waals surface area contributed by atoms with Gasteiger partial charge in [0.15, 0.2) is 0 Å². The summed E-state index contributed by atoms with van der Waals surface area (Å²) in [5, 5.41) is 0.119. The lowest BCUT2D eigenvalue weighted by molar-refractivity contribution is 0.0396. The summed E-state index contributed by atoms with van der Waals surface area (Å²) in [6.07, 6.45) is 4.65. The van der Waals surface area contributed by atoms with Crippen LogP contribution in [0.4, 0.5) is 0 Å². The molecule has 0 unspecified atom stereocenters. The third-order valence-corrected chi connectivity index (χ3v) is 7.96. The van der Waals surface area contributed by atoms with E-state index in [9.17, 15) is 4.79 Å². The molecule has 3 atom stereocenters. The maximum Gasteiger partial charge on any atom is 0.224 e. The molecule has 1 heterocycles. The van der Waals surface area contributed by atoms with Crippen molar-refractivity contribution in [1.82, 2.24) is 4.90 Å². The van der Waals surface area contributed by atoms with Gasteiger partial charge in [-0.1, -0.05) is 61.9 Å². The molecule has 4 rings (SSSR count). The van der Waals surface area contributed by atoms with Crippen molar-refractivity contribution in [1.29, 1.82) is 0 Å². The first-order chi connectivity index (χ1) is 13.9. The van der Waals surface area contributed by atoms with E-state index < -0.39 is 0 Å². The molecule has 0 amide bonds. The Hall–Kier alpha value is -1.84. The summed E-state index contributed by atoms with van der Waals surface area (Å²) in [6, 6.07) is 16.9. The van der Waals surface area contributed by atoms with Gasteiger partial charge in [0.1, 0.15) is 0 Å². The number of carbonyl (C=O) groups is 1. The largest absolute Gasteiger partial charge is 0.296 e. The standard InChI is InChI=1S/C26H31NOS/c1-18(2)12-14-27-15-13-26(4)19(3)24(27)16-21-10-11-22(17-23(21)26)29-25(28)20-8-6-5-7-9-20/h5-12,17,19,24H,13-16H2,1-4H3/t19-,24-,26+/m0/s1. The normalized spacial score (nSPS) is 25.9. The lowest BCUT2D eigenvalue weighted by atomic mass is 9.59. The second-order valence-corrected chi connectivity index (χ2v) is 10.1. The maximum absolute atomic E-state index is 12.7. The molecule has 1 aliphatic carbocycles. The number of piperidine rings is 1. The Kier molecular flexibility index (Phi) is 5.72. The van der Waals surface area contributed by atoms with E-state index in [1.165, 1.54) is 34.9 Å². The smallest absolute Gasteiger partial charge is 0.224 e. The number of benzene rings is 2. The average Bonchev–Trinajstić information content (AvgIpc) is 2.71. The van der Waals surface area contributed by atoms with Crippen molar-refractivity contribution in [2.45, 2.75) is 56.9 Å². The second-order valence-electron chi connectivity index (χ2n) is 9.08. The van der Waals surface area contributed by atoms with Gasteiger partial charge in [0.05, 0.1) is 0 Å². The van der Waals surface area contributed by atoms with E-state index in [1.54, 1.807) is 0 Å². The van der Waals surface area contributed by atoms with Crippen molar-refractivity contribution in [3.8, 4) is 0 Å². The zero-order chi connectivity index (χ0) is 20.6. The zero-order valence-electron chi connectivity index (χ0n) is 17.9. The molecule has 2 aromatic carbocycles. The Balaban J connectivity index is 1.59. The summed E-state index contributed by atoms with van der Waals surface area (Å²) in [6.45, 7) is 11.4. The Morgan fingerprint density at radius 2 is 1.97 bits per heavy atom. The van der Waals surface area contributed by atoms with E-state index in [-0.39, 0.29) is 10.5 Å². The van der Waals surface area contributed by atoms with Gasteiger partial charge in [-0.3, -0.25) is 9.69 Å². The van der Waals surface area contributed by atoms with Gasteiger partial charge in [0.25, 0.3) is 0 Å². The van der Waals surface area contributed by atoms with Gasteiger partial charge >= 0.3 is 0 Å². The number of rotatable bonds is 4. The molecular weight excluding hydrogens is 374 g/mol. The molecule has 3 heteroatoms. The van der Waals surface area contributed by atoms with Crippen LogP contribution < -0.4 is 0 Å². The number of carbonyl (C=O) groups excluding carboxylic acids is 1. The molecule has 2 aliphatic rings. The van der Waals surface area contributed by atoms with E-state index in [4.69, 9.17) is 0 Å². The van der Waals surface area contributed by atoms with Gasteiger partial charge in [0.2, 0.25) is 5.12 Å². The predicted octanol–water partition coefficient (Wildman–Crippen LogP) is 6.11. The topological polar surface area (TPSA) is 20.3 Å². The van der Waals surface area contributed by atoms with Crippen LogP contribution in [0.1, 0.15) is 55.6 Å². The molecule has 0 aromatic heterocycles. The predicted molar refractivity (Wildman–Crippen MR) is 123 cm³/mol. The summed E-state index contributed by atoms with van der Waals surface area (Å²) < 4.78 is 0. The number of likely N-dealkylation sites (tertiary alicyclic amines) is 1. The Labute approximate surface area is 179 Å². The minimum Gasteiger partial charge on any atom is -0.296 e. The molecule has 1 saturated heterocycles. The fraction of sp³-hybridized carbons (Fsp3) is 0.423. The van der Waals surface area contributed by atoms with Crippen LogP contribution in [-0.2, 0) is 11.8 Å². The van der Waals surface area contributed by atoms with Crippen molar-refractivity contribution >= 4 is 16.9 Å². The van der Waals surface area contributed by atoms with E-state index >= 15 is 0 Å². The molecule has 0 radical (unpaired) electrons. The number of thioether (sulfide) groups is 1. The van der Waals surface area contributed by atoms with Gasteiger partial charge in [-0.2, -0.15) is 0 Å². The number of hydrogen-bond acceptors (Lipinski definition) is 3. The molecule has 1 fully saturated rings. The molecule has 0 saturated carbocycles. The fourth-order valence-electron chi connectivity index (χ4n) is 5.02. The second kappa shape index (κ2) is 8.12. The zero-order valence-corrected chi connectivity index (χ0v) is 18.8. The number of hydrogen-bond donors (Lipinski definition) is 0. The van der Waals surface area contributed by atoms with Gasteiger partial charge in [0, 0.05) is 23.0 Å². The summed E-state index contributed by atoms with van der Waals surface area (Å²) in [7, 11) is 0. The summed E-state index contributed by atoms with van der Waals surface area (Å²) >= 11 is 1.36. The summed E-state index contributed by atoms with van der Waals surface area (Å²) in [5.74, 6) is 0.611. The SMILES string of the molecule is CC(C)=CCN1CC[C@@]2(C)c3cc(SC(=O)c4ccccc4)ccc3C[C@H]1[C@@H]2C. The minimum atomic E-state index is 0.119. The van der Waals surface area contributed by atoms with Crippen LogP contribution in [0, 0.1) is 5.92 Å². The van der Waals surface area contributed by atoms with E-state index in [0.717, 1.165) is 30.0 Å². The Morgan fingerprint density at radius 1 is 1.21 bits per heavy atom. The van der Waals surface area contributed by atoms with Gasteiger partial charge in [-0.15, -0.1) is 0 Å². The van der Waals surface area contributed by atoms with Crippen molar-refractivity contribution < 1.29 is 4.79 Å². The average molecular weight is 406 g/mol. The van der Waals surface area contributed by atoms with Crippen molar-refractivity contribution in [3.63, 3.8) is 0 Å². The maximum atomic E-state index is 12.7. The van der Waals surface area contributed by atoms with Crippen LogP contribution in [0.15, 0.2) is 65.1 Å². The number of nitrogens with zero attached hydrogens (tertiary/aromatic N) is 1. The van der Waals surface area contributed by atoms with Gasteiger partial charge in [-0.25, -0.2) is 0 Å². The van der Waals surface area contributed by atoms with Crippen molar-refractivity contribution in [2.75, 3.05) is 13.1 Å². The fourth-order valence-corrected chi connectivity index (χ4v) is 5.80. The Morgan fingerprint density at radius 3 is 2.69 bits per heavy atom. The van der Waals surface area contributed by atoms with Crippen LogP contribution in [0.3, 0.4) is 0 Å². The van der Waals surface area contributed by atoms with Crippen LogP contribution in [0.2, 0.25) is 0 Å². The Bertz CT molecular complexity index is 931. The monoisotopic (exact) mass is 405 g/mol. The number of fused-ring (bicyclic) bond motifs is 4. The highest BCUT2D eigenvalue weighted by atomic mass is 32.2. The molecule has 0 spiro atoms. The molecule has 2 aromatic rings. The van der Waals surface area contributed by atoms with Gasteiger partial charge in [-0.05, 0) is 79.6 Å². The molecule has 2 bridgehead atoms. The molecule has 1 aliphatic heterocycles. The highest BCUT2D eigenvalue weighted by molar-refractivity contribution is 8.14. The van der Waals surface area contributed by atoms with Crippen LogP contribution in [0.5, 0.6) is 0 Å². The highest BCUT2D eigenvalue weighted by Gasteiger charge is 2.48. The molecule has 2 nitrogen and oxygen atoms in total. The first kappa shape index (κ1) is 20.4. The van der Waals surface area contributed by atoms with Crippen LogP contribution >= 0.6 is 11.8 Å². The van der Waals surface area contributed by atoms with Crippen LogP contribution in [-0.4, -0.2) is 29.1 Å². The summed E-state index contributed by atoms with van der Waals surface area (Å²) in [4.78, 5) is 16.4. The summed E-state index contributed by atoms with van der Waals surface area (Å²) in [5.41, 5.74) is 5.28. The lowest BCUT2D eigenvalue weighted by Crippen LogP contribution is -2.57. The van der Waals surface area contributed by atoms with Crippen LogP contribution in [0.25, 0.3) is 0 Å². The van der Waals surface area contributed by atoms with E-state index in [0.29, 0.717) is 12.0 Å². The lowest BCUT2D eigenvalue weighted by Gasteiger charge is -2.54. The van der Waals surface area contributed by atoms with Gasteiger partial charge < -0.3 is 0 Å². The highest BCUT2D eigenvalue weighted by Crippen LogP contribution is 2.49. The third kappa shape index (κ3) is 3.95. The molecule has 0 N–H and O–H groups in total. The molecule has 152 valence electrons. The number of allylic oxidation sites excluding steroid dienone is 1. The minimum absolute atomic E-state index is 0.119. The van der Waals surface area contributed by atoms with Crippen molar-refractivity contribution in [2.24, 2.45) is 5.92 Å². The molecule has 29 heavy (non-hydrogen) atoms.